The van der Waals surface area contributed by atoms with Gasteiger partial charge in [-0.2, -0.15) is 0 Å². The van der Waals surface area contributed by atoms with Crippen LogP contribution < -0.4 is 31.8 Å². The Hall–Kier alpha value is -7.18. The van der Waals surface area contributed by atoms with Crippen molar-refractivity contribution in [3.63, 3.8) is 0 Å². The van der Waals surface area contributed by atoms with Crippen molar-refractivity contribution in [2.24, 2.45) is 58.0 Å². The van der Waals surface area contributed by atoms with Gasteiger partial charge in [-0.25, -0.2) is 4.79 Å². The summed E-state index contributed by atoms with van der Waals surface area (Å²) >= 11 is 0. The molecule has 526 valence electrons. The van der Waals surface area contributed by atoms with Crippen molar-refractivity contribution < 1.29 is 54.4 Å². The molecule has 16 heteroatoms. The molecule has 4 saturated carbocycles. The largest absolute Gasteiger partial charge is 0.508 e. The van der Waals surface area contributed by atoms with Gasteiger partial charge in [-0.3, -0.25) is 10.1 Å². The maximum absolute atomic E-state index is 16.7. The molecule has 16 nitrogen and oxygen atoms in total. The number of nitrogens with two attached hydrogens (primary N) is 1. The fourth-order valence-electron chi connectivity index (χ4n) is 24.5. The van der Waals surface area contributed by atoms with E-state index in [1.54, 1.807) is 18.2 Å². The third kappa shape index (κ3) is 9.29. The van der Waals surface area contributed by atoms with E-state index in [2.05, 4.69) is 91.5 Å². The first-order valence-electron chi connectivity index (χ1n) is 37.9. The number of phenols is 2. The minimum atomic E-state index is -1.70. The summed E-state index contributed by atoms with van der Waals surface area (Å²) in [6, 6.07) is 13.2. The Bertz CT molecular complexity index is 4460. The molecular weight excluding hydrogens is 1260 g/mol. The van der Waals surface area contributed by atoms with Crippen LogP contribution in [0.2, 0.25) is 0 Å². The molecule has 15 aliphatic rings. The number of phenolic OH excluding ortho intramolecular Hbond substituents is 2. The number of carbonyl (C=O) groups excluding carboxylic acids is 1. The topological polar surface area (TPSA) is 269 Å². The average Bonchev–Trinajstić information content (AvgIpc) is 1.43. The highest BCUT2D eigenvalue weighted by atomic mass is 16.6. The second kappa shape index (κ2) is 23.4. The molecule has 0 saturated heterocycles. The Morgan fingerprint density at radius 2 is 1.78 bits per heavy atom. The van der Waals surface area contributed by atoms with Crippen molar-refractivity contribution in [2.75, 3.05) is 13.2 Å². The number of nitrogens with one attached hydrogen (secondary N) is 3. The molecule has 18 atom stereocenters. The third-order valence-corrected chi connectivity index (χ3v) is 28.8. The monoisotopic (exact) mass is 1350 g/mol. The zero-order valence-corrected chi connectivity index (χ0v) is 58.1. The predicted octanol–water partition coefficient (Wildman–Crippen LogP) is 11.7. The molecule has 9 bridgehead atoms. The van der Waals surface area contributed by atoms with E-state index in [1.807, 2.05) is 19.1 Å². The maximum Gasteiger partial charge on any atom is 0.337 e. The standard InChI is InChI=1S/C84H98N4O12/c1-5-62(84(97)36-60-52-14-11-15-56-71(52)83-37-64(84)58(60)30-47(83)22-26-82(41-83,76(56)95)35-49(92)28-42(2)44-12-7-6-8-13-44)79(96)99-66-33-59-73(94)69-65(93)32-50(39-89)98-75(69)70-67-55-23-27-86-77(85)68(55)72(81(24-9-10-25-81)34-45-17-18-48(91)31-57(45)61(67)40-90)54-21-20-51-46(29-63(54)80(66,4)100-74(59)70)38-87-78-53(51)19-16-43(3)88-78/h5,11,14-19,22-23,26,30-32,38,42-44,49,54,58,60-61,63-64,66-67,72,76,78,86-92,94-95,97H,6-10,12-13,20-21,24-25,27-29,33-37,39-41,85H2,1-4H3. The number of esters is 1. The summed E-state index contributed by atoms with van der Waals surface area (Å²) in [6.45, 7) is 7.60. The summed E-state index contributed by atoms with van der Waals surface area (Å²) in [5.74, 6) is -3.06. The smallest absolute Gasteiger partial charge is 0.337 e. The quantitative estimate of drug-likeness (QED) is 0.0520. The lowest BCUT2D eigenvalue weighted by atomic mass is 9.47. The van der Waals surface area contributed by atoms with Gasteiger partial charge in [0.25, 0.3) is 0 Å². The van der Waals surface area contributed by atoms with E-state index in [-0.39, 0.29) is 88.1 Å². The van der Waals surface area contributed by atoms with E-state index in [4.69, 9.17) is 19.6 Å². The Morgan fingerprint density at radius 3 is 2.57 bits per heavy atom. The molecular formula is C84H98N4O12. The van der Waals surface area contributed by atoms with Crippen molar-refractivity contribution in [3.05, 3.63) is 191 Å². The van der Waals surface area contributed by atoms with E-state index in [1.165, 1.54) is 54.9 Å². The first kappa shape index (κ1) is 64.9. The fourth-order valence-corrected chi connectivity index (χ4v) is 24.5. The molecule has 0 amide bonds. The highest BCUT2D eigenvalue weighted by Gasteiger charge is 2.69. The number of dihydropyridines is 2. The lowest BCUT2D eigenvalue weighted by Crippen LogP contribution is -2.60. The molecule has 10 aliphatic carbocycles. The molecule has 18 unspecified atom stereocenters. The van der Waals surface area contributed by atoms with E-state index in [0.717, 1.165) is 70.2 Å². The zero-order chi connectivity index (χ0) is 68.8. The number of aromatic hydroxyl groups is 2. The van der Waals surface area contributed by atoms with Crippen LogP contribution in [0.5, 0.6) is 17.2 Å². The molecule has 12 N–H and O–H groups in total. The maximum atomic E-state index is 16.7. The Kier molecular flexibility index (Phi) is 15.2. The highest BCUT2D eigenvalue weighted by Crippen LogP contribution is 2.73. The number of aliphatic hydroxyl groups is 5. The molecule has 0 radical (unpaired) electrons. The van der Waals surface area contributed by atoms with Crippen LogP contribution in [0.1, 0.15) is 205 Å². The molecule has 2 spiro atoms. The van der Waals surface area contributed by atoms with Crippen LogP contribution in [-0.2, 0) is 34.4 Å². The first-order chi connectivity index (χ1) is 48.2. The van der Waals surface area contributed by atoms with Crippen LogP contribution in [0.15, 0.2) is 145 Å². The van der Waals surface area contributed by atoms with Gasteiger partial charge in [0.1, 0.15) is 69.9 Å². The summed E-state index contributed by atoms with van der Waals surface area (Å²) < 4.78 is 22.4. The number of hydrogen-bond acceptors (Lipinski definition) is 16. The number of allylic oxidation sites excluding steroid dienone is 8. The van der Waals surface area contributed by atoms with Gasteiger partial charge in [0.05, 0.1) is 24.4 Å². The van der Waals surface area contributed by atoms with Gasteiger partial charge in [0.15, 0.2) is 5.43 Å². The normalized spacial score (nSPS) is 36.7. The van der Waals surface area contributed by atoms with Gasteiger partial charge in [-0.1, -0.05) is 119 Å². The Labute approximate surface area is 585 Å². The molecule has 4 aromatic rings. The van der Waals surface area contributed by atoms with Gasteiger partial charge in [-0.05, 0) is 206 Å². The van der Waals surface area contributed by atoms with Crippen molar-refractivity contribution in [1.82, 2.24) is 16.0 Å². The number of hydrogen-bond donors (Lipinski definition) is 11. The van der Waals surface area contributed by atoms with Gasteiger partial charge < -0.3 is 66.0 Å². The van der Waals surface area contributed by atoms with Crippen molar-refractivity contribution in [1.29, 1.82) is 0 Å². The van der Waals surface area contributed by atoms with Crippen molar-refractivity contribution >= 4 is 16.9 Å². The molecule has 4 fully saturated rings. The van der Waals surface area contributed by atoms with E-state index in [0.29, 0.717) is 81.1 Å². The van der Waals surface area contributed by atoms with E-state index >= 15 is 9.59 Å². The summed E-state index contributed by atoms with van der Waals surface area (Å²) in [5.41, 5.74) is 14.1. The molecule has 6 heterocycles. The van der Waals surface area contributed by atoms with Gasteiger partial charge in [0.2, 0.25) is 0 Å². The first-order valence-corrected chi connectivity index (χ1v) is 37.9. The third-order valence-electron chi connectivity index (χ3n) is 28.8. The fraction of sp³-hybridized carbons (Fsp3) is 0.548. The minimum absolute atomic E-state index is 0.0119. The van der Waals surface area contributed by atoms with Crippen LogP contribution in [0, 0.1) is 52.3 Å². The molecule has 1 aromatic heterocycles. The van der Waals surface area contributed by atoms with Crippen molar-refractivity contribution in [3.8, 4) is 17.2 Å². The van der Waals surface area contributed by atoms with Crippen LogP contribution in [0.25, 0.3) is 11.0 Å². The molecule has 3 aromatic carbocycles. The number of fused-ring (bicyclic) bond motifs is 12. The number of benzene rings is 3. The number of aliphatic hydroxyl groups excluding tert-OH is 4. The molecule has 5 aliphatic heterocycles. The number of carbonyl (C=O) groups is 1. The minimum Gasteiger partial charge on any atom is -0.508 e. The van der Waals surface area contributed by atoms with Crippen LogP contribution in [0.3, 0.4) is 0 Å². The van der Waals surface area contributed by atoms with Gasteiger partial charge in [0, 0.05) is 76.9 Å². The highest BCUT2D eigenvalue weighted by molar-refractivity contribution is 5.93. The molecule has 19 rings (SSSR count). The summed E-state index contributed by atoms with van der Waals surface area (Å²) in [6.07, 6.45) is 29.0. The Balaban J connectivity index is 0.807. The Morgan fingerprint density at radius 1 is 0.970 bits per heavy atom. The summed E-state index contributed by atoms with van der Waals surface area (Å²) in [5, 5.41) is 98.7. The van der Waals surface area contributed by atoms with E-state index in [9.17, 15) is 35.7 Å². The van der Waals surface area contributed by atoms with Crippen LogP contribution in [-0.4, -0.2) is 90.5 Å². The van der Waals surface area contributed by atoms with E-state index < -0.39 is 99.8 Å². The second-order valence-electron chi connectivity index (χ2n) is 33.6. The summed E-state index contributed by atoms with van der Waals surface area (Å²) in [7, 11) is 0. The number of ether oxygens (including phenoxy) is 2. The molecule has 100 heavy (non-hydrogen) atoms. The van der Waals surface area contributed by atoms with Crippen LogP contribution in [0.4, 0.5) is 0 Å². The van der Waals surface area contributed by atoms with Crippen molar-refractivity contribution in [2.45, 2.75) is 221 Å². The van der Waals surface area contributed by atoms with Gasteiger partial charge in [-0.15, -0.1) is 0 Å². The predicted molar refractivity (Wildman–Crippen MR) is 379 cm³/mol. The summed E-state index contributed by atoms with van der Waals surface area (Å²) in [4.78, 5) is 31.7. The second-order valence-corrected chi connectivity index (χ2v) is 33.6. The SMILES string of the molecule is CC=C(C(=O)OC1Cc2c3c(c4oc(CO)cc(=O)c4c2O)C2C4=CCNC(N)=C4C(C4CCC5=C6C=CC(C)NC6NC=C5CC4C1(C)O3)C1(CCCC1)Cc1ccc(O)cc1C2CO)C1(O)CC2c3cccc4c3C35CC1C2C=C3C=CC(CC(O)CC(C)C1CCCCC1)(C5)C4O. The number of rotatable bonds is 10. The average molecular weight is 1360 g/mol. The van der Waals surface area contributed by atoms with Crippen LogP contribution >= 0.6 is 0 Å². The lowest BCUT2D eigenvalue weighted by Gasteiger charge is -2.57. The zero-order valence-electron chi connectivity index (χ0n) is 58.1. The van der Waals surface area contributed by atoms with Gasteiger partial charge >= 0.3 is 5.97 Å². The lowest BCUT2D eigenvalue weighted by molar-refractivity contribution is -0.173.